The summed E-state index contributed by atoms with van der Waals surface area (Å²) in [6.45, 7) is 8.64. The fraction of sp³-hybridized carbons (Fsp3) is 0.650. The second kappa shape index (κ2) is 8.24. The Morgan fingerprint density at radius 3 is 2.54 bits per heavy atom. The number of piperidine rings is 1. The van der Waals surface area contributed by atoms with E-state index in [9.17, 15) is 9.59 Å². The summed E-state index contributed by atoms with van der Waals surface area (Å²) in [7, 11) is 0. The van der Waals surface area contributed by atoms with Crippen molar-refractivity contribution in [3.63, 3.8) is 0 Å². The number of nitrogens with two attached hydrogens (primary N) is 1. The number of rotatable bonds is 2. The van der Waals surface area contributed by atoms with Gasteiger partial charge in [-0.1, -0.05) is 0 Å². The molecule has 2 amide bonds. The fourth-order valence-corrected chi connectivity index (χ4v) is 3.80. The van der Waals surface area contributed by atoms with Gasteiger partial charge in [-0.2, -0.15) is 0 Å². The number of hydrogen-bond donors (Lipinski definition) is 1. The van der Waals surface area contributed by atoms with Gasteiger partial charge in [0.1, 0.15) is 5.60 Å². The molecule has 28 heavy (non-hydrogen) atoms. The molecule has 0 radical (unpaired) electrons. The summed E-state index contributed by atoms with van der Waals surface area (Å²) in [6.07, 6.45) is 3.48. The van der Waals surface area contributed by atoms with Crippen molar-refractivity contribution >= 4 is 23.5 Å². The molecule has 2 saturated heterocycles. The zero-order valence-corrected chi connectivity index (χ0v) is 17.1. The fourth-order valence-electron chi connectivity index (χ4n) is 3.80. The Bertz CT molecular complexity index is 710. The largest absolute Gasteiger partial charge is 0.444 e. The monoisotopic (exact) mass is 389 g/mol. The van der Waals surface area contributed by atoms with Gasteiger partial charge in [0.05, 0.1) is 5.69 Å². The standard InChI is InChI=1S/C20H31N5O3/c1-20(2,3)28-19(27)24-12-8-17(26)25(14-13-24)15-6-10-23(11-7-15)18-16(21)5-4-9-22-18/h4-5,9,15H,6-8,10-14,21H2,1-3H3. The lowest BCUT2D eigenvalue weighted by Gasteiger charge is -2.39. The summed E-state index contributed by atoms with van der Waals surface area (Å²) in [5.41, 5.74) is 6.19. The third-order valence-corrected chi connectivity index (χ3v) is 5.20. The molecule has 1 aromatic rings. The van der Waals surface area contributed by atoms with E-state index in [0.29, 0.717) is 31.7 Å². The smallest absolute Gasteiger partial charge is 0.410 e. The van der Waals surface area contributed by atoms with E-state index in [4.69, 9.17) is 10.5 Å². The number of nitrogen functional groups attached to an aromatic ring is 1. The lowest BCUT2D eigenvalue weighted by molar-refractivity contribution is -0.133. The quantitative estimate of drug-likeness (QED) is 0.833. The maximum atomic E-state index is 12.7. The summed E-state index contributed by atoms with van der Waals surface area (Å²) in [5, 5.41) is 0. The molecule has 2 fully saturated rings. The number of pyridine rings is 1. The Kier molecular flexibility index (Phi) is 5.96. The molecule has 0 spiro atoms. The average Bonchev–Trinajstić information content (AvgIpc) is 2.83. The Hall–Kier alpha value is -2.51. The van der Waals surface area contributed by atoms with Gasteiger partial charge in [-0.3, -0.25) is 4.79 Å². The van der Waals surface area contributed by atoms with Gasteiger partial charge < -0.3 is 25.2 Å². The second-order valence-corrected chi connectivity index (χ2v) is 8.44. The maximum Gasteiger partial charge on any atom is 0.410 e. The summed E-state index contributed by atoms with van der Waals surface area (Å²) in [5.74, 6) is 0.932. The molecule has 0 aromatic carbocycles. The molecule has 8 nitrogen and oxygen atoms in total. The molecule has 0 atom stereocenters. The van der Waals surface area contributed by atoms with Crippen LogP contribution in [0.5, 0.6) is 0 Å². The third kappa shape index (κ3) is 4.85. The predicted molar refractivity (Wildman–Crippen MR) is 108 cm³/mol. The van der Waals surface area contributed by atoms with Crippen molar-refractivity contribution in [2.24, 2.45) is 0 Å². The summed E-state index contributed by atoms with van der Waals surface area (Å²) >= 11 is 0. The van der Waals surface area contributed by atoms with Crippen LogP contribution < -0.4 is 10.6 Å². The van der Waals surface area contributed by atoms with E-state index in [-0.39, 0.29) is 18.0 Å². The van der Waals surface area contributed by atoms with Crippen LogP contribution in [0.3, 0.4) is 0 Å². The highest BCUT2D eigenvalue weighted by Gasteiger charge is 2.32. The van der Waals surface area contributed by atoms with Crippen molar-refractivity contribution in [1.82, 2.24) is 14.8 Å². The number of amides is 2. The molecule has 0 unspecified atom stereocenters. The Labute approximate surface area is 166 Å². The molecule has 0 saturated carbocycles. The SMILES string of the molecule is CC(C)(C)OC(=O)N1CCC(=O)N(C2CCN(c3ncccc3N)CC2)CC1. The highest BCUT2D eigenvalue weighted by atomic mass is 16.6. The summed E-state index contributed by atoms with van der Waals surface area (Å²) < 4.78 is 5.45. The van der Waals surface area contributed by atoms with Crippen LogP contribution >= 0.6 is 0 Å². The first kappa shape index (κ1) is 20.2. The highest BCUT2D eigenvalue weighted by molar-refractivity contribution is 5.78. The molecule has 2 N–H and O–H groups in total. The van der Waals surface area contributed by atoms with E-state index in [2.05, 4.69) is 9.88 Å². The van der Waals surface area contributed by atoms with E-state index >= 15 is 0 Å². The van der Waals surface area contributed by atoms with E-state index in [0.717, 1.165) is 31.7 Å². The van der Waals surface area contributed by atoms with E-state index in [1.165, 1.54) is 0 Å². The van der Waals surface area contributed by atoms with Crippen molar-refractivity contribution in [3.8, 4) is 0 Å². The van der Waals surface area contributed by atoms with Gasteiger partial charge in [-0.25, -0.2) is 9.78 Å². The van der Waals surface area contributed by atoms with Crippen LogP contribution in [0.4, 0.5) is 16.3 Å². The van der Waals surface area contributed by atoms with Crippen LogP contribution in [0, 0.1) is 0 Å². The topological polar surface area (TPSA) is 92.0 Å². The Balaban J connectivity index is 1.57. The first-order valence-corrected chi connectivity index (χ1v) is 9.97. The van der Waals surface area contributed by atoms with Gasteiger partial charge in [0, 0.05) is 51.4 Å². The molecule has 3 rings (SSSR count). The normalized spacial score (nSPS) is 19.5. The average molecular weight is 390 g/mol. The Morgan fingerprint density at radius 1 is 1.18 bits per heavy atom. The molecule has 2 aliphatic heterocycles. The van der Waals surface area contributed by atoms with Crippen LogP contribution in [0.25, 0.3) is 0 Å². The molecule has 0 aliphatic carbocycles. The molecular formula is C20H31N5O3. The van der Waals surface area contributed by atoms with Crippen molar-refractivity contribution in [2.45, 2.75) is 51.7 Å². The minimum Gasteiger partial charge on any atom is -0.444 e. The number of nitrogens with zero attached hydrogens (tertiary/aromatic N) is 4. The predicted octanol–water partition coefficient (Wildman–Crippen LogP) is 2.10. The molecule has 3 heterocycles. The molecule has 154 valence electrons. The lowest BCUT2D eigenvalue weighted by Crippen LogP contribution is -2.48. The van der Waals surface area contributed by atoms with Crippen LogP contribution in [-0.4, -0.2) is 71.2 Å². The number of hydrogen-bond acceptors (Lipinski definition) is 6. The van der Waals surface area contributed by atoms with Gasteiger partial charge in [0.25, 0.3) is 0 Å². The summed E-state index contributed by atoms with van der Waals surface area (Å²) in [6, 6.07) is 3.88. The minimum absolute atomic E-state index is 0.113. The van der Waals surface area contributed by atoms with Crippen molar-refractivity contribution in [3.05, 3.63) is 18.3 Å². The van der Waals surface area contributed by atoms with Gasteiger partial charge in [-0.05, 0) is 45.7 Å². The third-order valence-electron chi connectivity index (χ3n) is 5.20. The first-order chi connectivity index (χ1) is 13.2. The number of carbonyl (C=O) groups excluding carboxylic acids is 2. The van der Waals surface area contributed by atoms with Crippen molar-refractivity contribution in [1.29, 1.82) is 0 Å². The van der Waals surface area contributed by atoms with E-state index < -0.39 is 5.60 Å². The lowest BCUT2D eigenvalue weighted by atomic mass is 10.0. The number of aromatic nitrogens is 1. The molecular weight excluding hydrogens is 358 g/mol. The number of carbonyl (C=O) groups is 2. The van der Waals surface area contributed by atoms with Crippen molar-refractivity contribution < 1.29 is 14.3 Å². The van der Waals surface area contributed by atoms with Gasteiger partial charge in [-0.15, -0.1) is 0 Å². The van der Waals surface area contributed by atoms with Crippen LogP contribution in [0.2, 0.25) is 0 Å². The first-order valence-electron chi connectivity index (χ1n) is 9.97. The highest BCUT2D eigenvalue weighted by Crippen LogP contribution is 2.26. The van der Waals surface area contributed by atoms with Crippen LogP contribution in [0.15, 0.2) is 18.3 Å². The van der Waals surface area contributed by atoms with Crippen LogP contribution in [-0.2, 0) is 9.53 Å². The Morgan fingerprint density at radius 2 is 1.89 bits per heavy atom. The summed E-state index contributed by atoms with van der Waals surface area (Å²) in [4.78, 5) is 35.2. The van der Waals surface area contributed by atoms with Gasteiger partial charge in [0.2, 0.25) is 5.91 Å². The van der Waals surface area contributed by atoms with Crippen LogP contribution in [0.1, 0.15) is 40.0 Å². The maximum absolute atomic E-state index is 12.7. The van der Waals surface area contributed by atoms with Gasteiger partial charge in [0.15, 0.2) is 5.82 Å². The van der Waals surface area contributed by atoms with Crippen molar-refractivity contribution in [2.75, 3.05) is 43.4 Å². The van der Waals surface area contributed by atoms with E-state index in [1.54, 1.807) is 11.1 Å². The minimum atomic E-state index is -0.534. The molecule has 2 aliphatic rings. The molecule has 0 bridgehead atoms. The molecule has 8 heteroatoms. The number of anilines is 2. The second-order valence-electron chi connectivity index (χ2n) is 8.44. The number of ether oxygens (including phenoxy) is 1. The van der Waals surface area contributed by atoms with E-state index in [1.807, 2.05) is 37.8 Å². The van der Waals surface area contributed by atoms with Gasteiger partial charge >= 0.3 is 6.09 Å². The molecule has 1 aromatic heterocycles. The zero-order valence-electron chi connectivity index (χ0n) is 17.1. The zero-order chi connectivity index (χ0) is 20.3.